The predicted octanol–water partition coefficient (Wildman–Crippen LogP) is 3.14. The summed E-state index contributed by atoms with van der Waals surface area (Å²) < 4.78 is 36.0. The summed E-state index contributed by atoms with van der Waals surface area (Å²) in [6.07, 6.45) is 0. The van der Waals surface area contributed by atoms with E-state index in [1.807, 2.05) is 44.2 Å². The molecular formula is C19H16N2O5S. The zero-order chi connectivity index (χ0) is 19.8. The van der Waals surface area contributed by atoms with E-state index in [9.17, 15) is 13.2 Å². The number of nitriles is 1. The van der Waals surface area contributed by atoms with E-state index >= 15 is 0 Å². The summed E-state index contributed by atoms with van der Waals surface area (Å²) in [7, 11) is -4.86. The van der Waals surface area contributed by atoms with Gasteiger partial charge in [-0.15, -0.1) is 0 Å². The maximum Gasteiger partial charge on any atom is 0.449 e. The first-order chi connectivity index (χ1) is 12.7. The number of hydrogen-bond donors (Lipinski definition) is 1. The molecule has 0 aliphatic heterocycles. The number of hydrogen-bond acceptors (Lipinski definition) is 5. The smallest absolute Gasteiger partial charge is 0.333 e. The van der Waals surface area contributed by atoms with Crippen LogP contribution in [0.3, 0.4) is 0 Å². The van der Waals surface area contributed by atoms with E-state index in [1.54, 1.807) is 16.7 Å². The minimum atomic E-state index is -4.86. The quantitative estimate of drug-likeness (QED) is 0.692. The highest BCUT2D eigenvalue weighted by molar-refractivity contribution is 7.81. The summed E-state index contributed by atoms with van der Waals surface area (Å²) in [5, 5.41) is 9.87. The Kier molecular flexibility index (Phi) is 4.74. The molecule has 0 saturated heterocycles. The van der Waals surface area contributed by atoms with Crippen LogP contribution in [0.25, 0.3) is 22.0 Å². The van der Waals surface area contributed by atoms with Crippen molar-refractivity contribution in [1.82, 2.24) is 4.57 Å². The van der Waals surface area contributed by atoms with Crippen molar-refractivity contribution in [2.45, 2.75) is 20.4 Å². The third-order valence-electron chi connectivity index (χ3n) is 4.27. The number of benzene rings is 2. The average molecular weight is 384 g/mol. The zero-order valence-electron chi connectivity index (χ0n) is 14.6. The largest absolute Gasteiger partial charge is 0.449 e. The second-order valence-corrected chi connectivity index (χ2v) is 7.16. The Morgan fingerprint density at radius 3 is 2.44 bits per heavy atom. The van der Waals surface area contributed by atoms with E-state index in [2.05, 4.69) is 10.3 Å². The van der Waals surface area contributed by atoms with Crippen LogP contribution in [0.5, 0.6) is 0 Å². The highest BCUT2D eigenvalue weighted by Crippen LogP contribution is 2.35. The predicted molar refractivity (Wildman–Crippen MR) is 99.2 cm³/mol. The van der Waals surface area contributed by atoms with Gasteiger partial charge in [0.05, 0.1) is 11.6 Å². The topological polar surface area (TPSA) is 109 Å². The summed E-state index contributed by atoms with van der Waals surface area (Å²) in [6, 6.07) is 14.8. The lowest BCUT2D eigenvalue weighted by Crippen LogP contribution is -2.18. The Balaban J connectivity index is 2.16. The van der Waals surface area contributed by atoms with Crippen LogP contribution in [0.15, 0.2) is 42.5 Å². The number of rotatable bonds is 4. The number of carbonyl (C=O) groups excluding carboxylic acids is 1. The van der Waals surface area contributed by atoms with Gasteiger partial charge in [-0.05, 0) is 43.7 Å². The molecule has 0 unspecified atom stereocenters. The Labute approximate surface area is 156 Å². The number of fused-ring (bicyclic) bond motifs is 1. The number of aryl methyl sites for hydroxylation is 1. The Morgan fingerprint density at radius 1 is 1.19 bits per heavy atom. The van der Waals surface area contributed by atoms with E-state index in [0.717, 1.165) is 33.3 Å². The minimum Gasteiger partial charge on any atom is -0.333 e. The molecule has 1 N–H and O–H groups in total. The van der Waals surface area contributed by atoms with Crippen molar-refractivity contribution in [3.05, 3.63) is 59.3 Å². The van der Waals surface area contributed by atoms with E-state index in [-0.39, 0.29) is 6.54 Å². The fourth-order valence-electron chi connectivity index (χ4n) is 3.15. The molecule has 0 radical (unpaired) electrons. The fraction of sp³-hybridized carbons (Fsp3) is 0.158. The molecule has 8 heteroatoms. The normalized spacial score (nSPS) is 11.3. The zero-order valence-corrected chi connectivity index (χ0v) is 15.4. The van der Waals surface area contributed by atoms with Crippen LogP contribution in [0.1, 0.15) is 16.8 Å². The lowest BCUT2D eigenvalue weighted by Gasteiger charge is -2.08. The van der Waals surface area contributed by atoms with Crippen LogP contribution in [-0.2, 0) is 25.9 Å². The lowest BCUT2D eigenvalue weighted by molar-refractivity contribution is -0.134. The number of carbonyl (C=O) groups is 1. The van der Waals surface area contributed by atoms with Gasteiger partial charge in [0, 0.05) is 22.2 Å². The molecule has 3 aromatic rings. The molecule has 7 nitrogen and oxygen atoms in total. The molecule has 138 valence electrons. The van der Waals surface area contributed by atoms with E-state index in [4.69, 9.17) is 9.81 Å². The molecule has 27 heavy (non-hydrogen) atoms. The van der Waals surface area contributed by atoms with E-state index in [0.29, 0.717) is 5.56 Å². The molecule has 0 bridgehead atoms. The van der Waals surface area contributed by atoms with Crippen LogP contribution in [0, 0.1) is 25.2 Å². The van der Waals surface area contributed by atoms with Gasteiger partial charge in [0.15, 0.2) is 0 Å². The first-order valence-electron chi connectivity index (χ1n) is 7.99. The first-order valence-corrected chi connectivity index (χ1v) is 9.36. The van der Waals surface area contributed by atoms with Gasteiger partial charge >= 0.3 is 16.4 Å². The van der Waals surface area contributed by atoms with Gasteiger partial charge < -0.3 is 8.75 Å². The van der Waals surface area contributed by atoms with Crippen molar-refractivity contribution in [2.75, 3.05) is 0 Å². The van der Waals surface area contributed by atoms with Crippen LogP contribution in [0.4, 0.5) is 0 Å². The SMILES string of the molecule is Cc1ccc2c(c1)c(-c1ccc(C#N)cc1)c(C)n2CC(=O)OS(=O)(=O)O. The molecule has 2 aromatic carbocycles. The Morgan fingerprint density at radius 2 is 1.85 bits per heavy atom. The van der Waals surface area contributed by atoms with Gasteiger partial charge in [0.2, 0.25) is 0 Å². The monoisotopic (exact) mass is 384 g/mol. The molecule has 0 amide bonds. The van der Waals surface area contributed by atoms with Crippen LogP contribution < -0.4 is 0 Å². The van der Waals surface area contributed by atoms with Crippen molar-refractivity contribution in [1.29, 1.82) is 5.26 Å². The van der Waals surface area contributed by atoms with Crippen LogP contribution >= 0.6 is 0 Å². The summed E-state index contributed by atoms with van der Waals surface area (Å²) in [6.45, 7) is 3.38. The van der Waals surface area contributed by atoms with Crippen molar-refractivity contribution >= 4 is 27.3 Å². The van der Waals surface area contributed by atoms with Gasteiger partial charge in [-0.25, -0.2) is 4.79 Å². The number of nitrogens with zero attached hydrogens (tertiary/aromatic N) is 2. The molecule has 0 fully saturated rings. The highest BCUT2D eigenvalue weighted by Gasteiger charge is 2.20. The summed E-state index contributed by atoms with van der Waals surface area (Å²) in [5.74, 6) is -1.09. The molecule has 1 aromatic heterocycles. The van der Waals surface area contributed by atoms with Gasteiger partial charge in [0.1, 0.15) is 6.54 Å². The van der Waals surface area contributed by atoms with Crippen molar-refractivity contribution in [3.63, 3.8) is 0 Å². The lowest BCUT2D eigenvalue weighted by atomic mass is 10.00. The summed E-state index contributed by atoms with van der Waals surface area (Å²) >= 11 is 0. The Hall–Kier alpha value is -3.15. The molecule has 0 spiro atoms. The van der Waals surface area contributed by atoms with Gasteiger partial charge in [-0.1, -0.05) is 23.8 Å². The maximum atomic E-state index is 11.9. The van der Waals surface area contributed by atoms with E-state index in [1.165, 1.54) is 0 Å². The van der Waals surface area contributed by atoms with Crippen molar-refractivity contribution < 1.29 is 21.9 Å². The van der Waals surface area contributed by atoms with Gasteiger partial charge in [-0.2, -0.15) is 13.7 Å². The number of aromatic nitrogens is 1. The Bertz CT molecular complexity index is 1190. The summed E-state index contributed by atoms with van der Waals surface area (Å²) in [4.78, 5) is 11.9. The van der Waals surface area contributed by atoms with Gasteiger partial charge in [-0.3, -0.25) is 4.55 Å². The average Bonchev–Trinajstić information content (AvgIpc) is 2.84. The highest BCUT2D eigenvalue weighted by atomic mass is 32.3. The van der Waals surface area contributed by atoms with Gasteiger partial charge in [0.25, 0.3) is 0 Å². The minimum absolute atomic E-state index is 0.374. The van der Waals surface area contributed by atoms with Crippen molar-refractivity contribution in [3.8, 4) is 17.2 Å². The standard InChI is InChI=1S/C19H16N2O5S/c1-12-3-8-17-16(9-12)19(15-6-4-14(10-20)5-7-15)13(2)21(17)11-18(22)26-27(23,24)25/h3-9H,11H2,1-2H3,(H,23,24,25). The molecule has 1 heterocycles. The van der Waals surface area contributed by atoms with Crippen LogP contribution in [0.2, 0.25) is 0 Å². The third-order valence-corrected chi connectivity index (χ3v) is 4.66. The molecule has 0 aliphatic carbocycles. The maximum absolute atomic E-state index is 11.9. The molecular weight excluding hydrogens is 368 g/mol. The summed E-state index contributed by atoms with van der Waals surface area (Å²) in [5.41, 5.74) is 4.75. The van der Waals surface area contributed by atoms with E-state index < -0.39 is 16.4 Å². The second-order valence-electron chi connectivity index (χ2n) is 6.14. The third kappa shape index (κ3) is 3.84. The first kappa shape index (κ1) is 18.6. The van der Waals surface area contributed by atoms with Crippen LogP contribution in [-0.4, -0.2) is 23.5 Å². The molecule has 0 atom stereocenters. The molecule has 3 rings (SSSR count). The fourth-order valence-corrected chi connectivity index (χ4v) is 3.44. The second kappa shape index (κ2) is 6.87. The van der Waals surface area contributed by atoms with Crippen molar-refractivity contribution in [2.24, 2.45) is 0 Å². The molecule has 0 saturated carbocycles. The molecule has 0 aliphatic rings.